The number of hydrogen-bond donors (Lipinski definition) is 1. The molecule has 1 amide bonds. The number of hydrogen-bond acceptors (Lipinski definition) is 5. The molecule has 2 rings (SSSR count). The van der Waals surface area contributed by atoms with Gasteiger partial charge in [0.25, 0.3) is 5.91 Å². The Hall–Kier alpha value is -2.08. The van der Waals surface area contributed by atoms with E-state index in [-0.39, 0.29) is 11.5 Å². The maximum atomic E-state index is 12.3. The molecule has 0 radical (unpaired) electrons. The molecule has 102 valence electrons. The monoisotopic (exact) mass is 264 g/mol. The molecule has 0 aliphatic carbocycles. The van der Waals surface area contributed by atoms with Crippen molar-refractivity contribution in [2.24, 2.45) is 0 Å². The van der Waals surface area contributed by atoms with Crippen molar-refractivity contribution in [1.29, 1.82) is 0 Å². The number of methoxy groups -OCH3 is 1. The van der Waals surface area contributed by atoms with E-state index in [1.165, 1.54) is 19.2 Å². The average Bonchev–Trinajstić information content (AvgIpc) is 2.45. The molecular weight excluding hydrogens is 248 g/mol. The number of rotatable bonds is 2. The van der Waals surface area contributed by atoms with Crippen LogP contribution in [0.5, 0.6) is 0 Å². The normalized spacial score (nSPS) is 15.1. The Morgan fingerprint density at radius 2 is 1.84 bits per heavy atom. The maximum Gasteiger partial charge on any atom is 0.337 e. The van der Waals surface area contributed by atoms with E-state index in [0.29, 0.717) is 37.6 Å². The fraction of sp³-hybridized carbons (Fsp3) is 0.385. The Bertz CT molecular complexity index is 495. The first-order valence-electron chi connectivity index (χ1n) is 5.97. The summed E-state index contributed by atoms with van der Waals surface area (Å²) in [5, 5.41) is 0. The minimum Gasteiger partial charge on any atom is -0.465 e. The van der Waals surface area contributed by atoms with Gasteiger partial charge in [-0.2, -0.15) is 0 Å². The van der Waals surface area contributed by atoms with E-state index >= 15 is 0 Å². The average molecular weight is 264 g/mol. The summed E-state index contributed by atoms with van der Waals surface area (Å²) in [5.74, 6) is -0.663. The van der Waals surface area contributed by atoms with Crippen LogP contribution in [-0.4, -0.2) is 50.2 Å². The smallest absolute Gasteiger partial charge is 0.337 e. The van der Waals surface area contributed by atoms with Gasteiger partial charge in [-0.15, -0.1) is 0 Å². The van der Waals surface area contributed by atoms with Crippen molar-refractivity contribution in [2.75, 3.05) is 39.1 Å². The largest absolute Gasteiger partial charge is 0.465 e. The van der Waals surface area contributed by atoms with Gasteiger partial charge in [0.15, 0.2) is 0 Å². The van der Waals surface area contributed by atoms with Crippen LogP contribution in [0, 0.1) is 0 Å². The van der Waals surface area contributed by atoms with Crippen molar-refractivity contribution >= 4 is 17.6 Å². The Morgan fingerprint density at radius 3 is 2.47 bits per heavy atom. The van der Waals surface area contributed by atoms with Crippen LogP contribution in [-0.2, 0) is 9.47 Å². The Balaban J connectivity index is 2.25. The number of ether oxygens (including phenoxy) is 2. The third-order valence-electron chi connectivity index (χ3n) is 2.92. The van der Waals surface area contributed by atoms with Crippen LogP contribution in [0.2, 0.25) is 0 Å². The Morgan fingerprint density at radius 1 is 1.21 bits per heavy atom. The van der Waals surface area contributed by atoms with E-state index in [1.54, 1.807) is 11.0 Å². The molecule has 0 atom stereocenters. The number of amides is 1. The van der Waals surface area contributed by atoms with Crippen molar-refractivity contribution in [3.8, 4) is 0 Å². The molecule has 1 aliphatic heterocycles. The van der Waals surface area contributed by atoms with Crippen LogP contribution >= 0.6 is 0 Å². The summed E-state index contributed by atoms with van der Waals surface area (Å²) in [6, 6.07) is 4.55. The third-order valence-corrected chi connectivity index (χ3v) is 2.92. The molecule has 19 heavy (non-hydrogen) atoms. The molecule has 0 saturated carbocycles. The number of anilines is 1. The lowest BCUT2D eigenvalue weighted by Crippen LogP contribution is -2.40. The highest BCUT2D eigenvalue weighted by Gasteiger charge is 2.20. The summed E-state index contributed by atoms with van der Waals surface area (Å²) in [4.78, 5) is 25.5. The van der Waals surface area contributed by atoms with Gasteiger partial charge in [0.2, 0.25) is 0 Å². The second-order valence-electron chi connectivity index (χ2n) is 4.24. The molecule has 1 aliphatic rings. The highest BCUT2D eigenvalue weighted by atomic mass is 16.5. The van der Waals surface area contributed by atoms with Crippen molar-refractivity contribution in [1.82, 2.24) is 4.90 Å². The highest BCUT2D eigenvalue weighted by Crippen LogP contribution is 2.15. The second-order valence-corrected chi connectivity index (χ2v) is 4.24. The first kappa shape index (κ1) is 13.4. The summed E-state index contributed by atoms with van der Waals surface area (Å²) in [6.07, 6.45) is 0. The topological polar surface area (TPSA) is 81.9 Å². The molecule has 6 nitrogen and oxygen atoms in total. The Labute approximate surface area is 111 Å². The van der Waals surface area contributed by atoms with E-state index < -0.39 is 5.97 Å². The van der Waals surface area contributed by atoms with Crippen LogP contribution in [0.15, 0.2) is 18.2 Å². The van der Waals surface area contributed by atoms with E-state index in [1.807, 2.05) is 0 Å². The van der Waals surface area contributed by atoms with Crippen molar-refractivity contribution in [3.63, 3.8) is 0 Å². The van der Waals surface area contributed by atoms with Crippen LogP contribution in [0.4, 0.5) is 5.69 Å². The molecule has 2 N–H and O–H groups in total. The zero-order valence-corrected chi connectivity index (χ0v) is 10.7. The first-order chi connectivity index (χ1) is 9.11. The highest BCUT2D eigenvalue weighted by molar-refractivity contribution is 5.99. The van der Waals surface area contributed by atoms with Crippen molar-refractivity contribution < 1.29 is 19.1 Å². The molecule has 0 aromatic heterocycles. The van der Waals surface area contributed by atoms with E-state index in [0.717, 1.165) is 0 Å². The molecule has 1 fully saturated rings. The van der Waals surface area contributed by atoms with Gasteiger partial charge >= 0.3 is 5.97 Å². The lowest BCUT2D eigenvalue weighted by atomic mass is 10.1. The zero-order valence-electron chi connectivity index (χ0n) is 10.7. The van der Waals surface area contributed by atoms with Crippen LogP contribution < -0.4 is 5.73 Å². The summed E-state index contributed by atoms with van der Waals surface area (Å²) < 4.78 is 9.83. The summed E-state index contributed by atoms with van der Waals surface area (Å²) >= 11 is 0. The molecule has 1 aromatic rings. The number of nitrogens with two attached hydrogens (primary N) is 1. The summed E-state index contributed by atoms with van der Waals surface area (Å²) in [7, 11) is 1.29. The fourth-order valence-corrected chi connectivity index (χ4v) is 1.96. The number of nitrogen functional groups attached to an aromatic ring is 1. The van der Waals surface area contributed by atoms with Gasteiger partial charge in [-0.05, 0) is 18.2 Å². The van der Waals surface area contributed by atoms with E-state index in [9.17, 15) is 9.59 Å². The molecular formula is C13H16N2O4. The lowest BCUT2D eigenvalue weighted by Gasteiger charge is -2.27. The minimum absolute atomic E-state index is 0.152. The number of morpholine rings is 1. The number of carbonyl (C=O) groups is 2. The predicted molar refractivity (Wildman–Crippen MR) is 68.9 cm³/mol. The number of esters is 1. The number of carbonyl (C=O) groups excluding carboxylic acids is 2. The fourth-order valence-electron chi connectivity index (χ4n) is 1.96. The first-order valence-corrected chi connectivity index (χ1v) is 5.97. The van der Waals surface area contributed by atoms with Gasteiger partial charge in [0, 0.05) is 24.3 Å². The molecule has 0 spiro atoms. The van der Waals surface area contributed by atoms with Gasteiger partial charge in [-0.25, -0.2) is 4.79 Å². The summed E-state index contributed by atoms with van der Waals surface area (Å²) in [5.41, 5.74) is 6.74. The molecule has 0 bridgehead atoms. The maximum absolute atomic E-state index is 12.3. The molecule has 6 heteroatoms. The van der Waals surface area contributed by atoms with Crippen molar-refractivity contribution in [3.05, 3.63) is 29.3 Å². The van der Waals surface area contributed by atoms with Crippen LogP contribution in [0.25, 0.3) is 0 Å². The zero-order chi connectivity index (χ0) is 13.8. The molecule has 1 saturated heterocycles. The van der Waals surface area contributed by atoms with Gasteiger partial charge in [0.05, 0.1) is 25.9 Å². The number of benzene rings is 1. The molecule has 1 aromatic carbocycles. The quantitative estimate of drug-likeness (QED) is 0.622. The van der Waals surface area contributed by atoms with Gasteiger partial charge in [0.1, 0.15) is 0 Å². The van der Waals surface area contributed by atoms with Gasteiger partial charge in [-0.3, -0.25) is 4.79 Å². The van der Waals surface area contributed by atoms with Crippen molar-refractivity contribution in [2.45, 2.75) is 0 Å². The van der Waals surface area contributed by atoms with Crippen LogP contribution in [0.3, 0.4) is 0 Å². The van der Waals surface area contributed by atoms with E-state index in [2.05, 4.69) is 4.74 Å². The molecule has 1 heterocycles. The van der Waals surface area contributed by atoms with Gasteiger partial charge in [-0.1, -0.05) is 0 Å². The second kappa shape index (κ2) is 5.71. The SMILES string of the molecule is COC(=O)c1cc(N)cc(C(=O)N2CCOCC2)c1. The summed E-state index contributed by atoms with van der Waals surface area (Å²) in [6.45, 7) is 2.14. The third kappa shape index (κ3) is 3.03. The number of nitrogens with zero attached hydrogens (tertiary/aromatic N) is 1. The van der Waals surface area contributed by atoms with Gasteiger partial charge < -0.3 is 20.1 Å². The molecule has 0 unspecified atom stereocenters. The van der Waals surface area contributed by atoms with Crippen LogP contribution in [0.1, 0.15) is 20.7 Å². The Kier molecular flexibility index (Phi) is 4.01. The van der Waals surface area contributed by atoms with E-state index in [4.69, 9.17) is 10.5 Å². The standard InChI is InChI=1S/C13H16N2O4/c1-18-13(17)10-6-9(7-11(14)8-10)12(16)15-2-4-19-5-3-15/h6-8H,2-5,14H2,1H3. The predicted octanol–water partition coefficient (Wildman–Crippen LogP) is 0.528. The lowest BCUT2D eigenvalue weighted by molar-refractivity contribution is 0.0303. The minimum atomic E-state index is -0.511.